The fourth-order valence-electron chi connectivity index (χ4n) is 1.10. The average Bonchev–Trinajstić information content (AvgIpc) is 2.58. The second-order valence-corrected chi connectivity index (χ2v) is 4.64. The normalized spacial score (nSPS) is 10.5. The Morgan fingerprint density at radius 3 is 2.67 bits per heavy atom. The van der Waals surface area contributed by atoms with Gasteiger partial charge in [0.15, 0.2) is 0 Å². The topological polar surface area (TPSA) is 25.8 Å². The molecule has 4 heteroatoms. The lowest BCUT2D eigenvalue weighted by Crippen LogP contribution is -1.79. The lowest BCUT2D eigenvalue weighted by Gasteiger charge is -1.89. The molecule has 0 aromatic carbocycles. The van der Waals surface area contributed by atoms with Gasteiger partial charge in [-0.05, 0) is 13.8 Å². The van der Waals surface area contributed by atoms with Crippen molar-refractivity contribution in [2.45, 2.75) is 13.8 Å². The molecule has 0 unspecified atom stereocenters. The van der Waals surface area contributed by atoms with Crippen molar-refractivity contribution in [3.63, 3.8) is 0 Å². The van der Waals surface area contributed by atoms with E-state index in [-0.39, 0.29) is 0 Å². The monoisotopic (exact) mass is 196 g/mol. The van der Waals surface area contributed by atoms with Crippen LogP contribution in [0.1, 0.15) is 9.88 Å². The van der Waals surface area contributed by atoms with E-state index in [1.54, 1.807) is 22.7 Å². The number of rotatable bonds is 1. The molecule has 0 aliphatic heterocycles. The molecule has 12 heavy (non-hydrogen) atoms. The Balaban J connectivity index is 2.54. The van der Waals surface area contributed by atoms with Crippen LogP contribution < -0.4 is 0 Å². The Hall–Kier alpha value is -0.740. The van der Waals surface area contributed by atoms with E-state index in [1.165, 1.54) is 4.88 Å². The maximum absolute atomic E-state index is 4.42. The maximum Gasteiger partial charge on any atom is 0.104 e. The summed E-state index contributed by atoms with van der Waals surface area (Å²) in [4.78, 5) is 9.89. The highest BCUT2D eigenvalue weighted by Gasteiger charge is 2.08. The van der Waals surface area contributed by atoms with Crippen LogP contribution in [0.15, 0.2) is 10.9 Å². The minimum absolute atomic E-state index is 1.00. The van der Waals surface area contributed by atoms with E-state index in [2.05, 4.69) is 16.9 Å². The summed E-state index contributed by atoms with van der Waals surface area (Å²) in [6.45, 7) is 4.10. The number of hydrogen-bond acceptors (Lipinski definition) is 4. The Bertz CT molecular complexity index is 376. The summed E-state index contributed by atoms with van der Waals surface area (Å²) in [6.07, 6.45) is 0. The summed E-state index contributed by atoms with van der Waals surface area (Å²) < 4.78 is 0. The van der Waals surface area contributed by atoms with Gasteiger partial charge < -0.3 is 0 Å². The standard InChI is InChI=1S/C8H8N2S2/c1-5-8(10-6(2)12-5)7-3-11-4-9-7/h3-4H,1-2H3. The fourth-order valence-corrected chi connectivity index (χ4v) is 2.46. The summed E-state index contributed by atoms with van der Waals surface area (Å²) in [5.41, 5.74) is 3.88. The zero-order chi connectivity index (χ0) is 8.55. The summed E-state index contributed by atoms with van der Waals surface area (Å²) in [6, 6.07) is 0. The Morgan fingerprint density at radius 2 is 2.17 bits per heavy atom. The third-order valence-corrected chi connectivity index (χ3v) is 3.05. The van der Waals surface area contributed by atoms with Gasteiger partial charge >= 0.3 is 0 Å². The fraction of sp³-hybridized carbons (Fsp3) is 0.250. The number of aromatic nitrogens is 2. The van der Waals surface area contributed by atoms with E-state index in [1.807, 2.05) is 17.8 Å². The molecule has 2 aromatic rings. The molecule has 0 fully saturated rings. The van der Waals surface area contributed by atoms with Crippen LogP contribution in [-0.4, -0.2) is 9.97 Å². The predicted octanol–water partition coefficient (Wildman–Crippen LogP) is 2.88. The van der Waals surface area contributed by atoms with E-state index >= 15 is 0 Å². The molecule has 62 valence electrons. The van der Waals surface area contributed by atoms with Gasteiger partial charge in [0.1, 0.15) is 11.4 Å². The SMILES string of the molecule is Cc1nc(-c2cscn2)c(C)s1. The molecule has 2 nitrogen and oxygen atoms in total. The van der Waals surface area contributed by atoms with Crippen molar-refractivity contribution >= 4 is 22.7 Å². The van der Waals surface area contributed by atoms with Gasteiger partial charge in [-0.1, -0.05) is 0 Å². The van der Waals surface area contributed by atoms with Crippen LogP contribution in [0.2, 0.25) is 0 Å². The third-order valence-electron chi connectivity index (χ3n) is 1.58. The molecule has 0 atom stereocenters. The molecular weight excluding hydrogens is 188 g/mol. The molecule has 0 amide bonds. The zero-order valence-electron chi connectivity index (χ0n) is 6.87. The lowest BCUT2D eigenvalue weighted by atomic mass is 10.3. The Morgan fingerprint density at radius 1 is 1.33 bits per heavy atom. The molecular formula is C8H8N2S2. The first-order valence-electron chi connectivity index (χ1n) is 3.60. The second-order valence-electron chi connectivity index (χ2n) is 2.51. The van der Waals surface area contributed by atoms with Crippen molar-refractivity contribution in [1.29, 1.82) is 0 Å². The first-order chi connectivity index (χ1) is 5.77. The van der Waals surface area contributed by atoms with Gasteiger partial charge in [0, 0.05) is 10.3 Å². The minimum atomic E-state index is 1.00. The van der Waals surface area contributed by atoms with E-state index < -0.39 is 0 Å². The van der Waals surface area contributed by atoms with Gasteiger partial charge in [-0.2, -0.15) is 0 Å². The number of nitrogens with zero attached hydrogens (tertiary/aromatic N) is 2. The van der Waals surface area contributed by atoms with Gasteiger partial charge in [-0.25, -0.2) is 9.97 Å². The van der Waals surface area contributed by atoms with Crippen LogP contribution in [0.3, 0.4) is 0 Å². The summed E-state index contributed by atoms with van der Waals surface area (Å²) in [5.74, 6) is 0. The average molecular weight is 196 g/mol. The zero-order valence-corrected chi connectivity index (χ0v) is 8.50. The quantitative estimate of drug-likeness (QED) is 0.701. The molecule has 0 aliphatic carbocycles. The van der Waals surface area contributed by atoms with Crippen LogP contribution >= 0.6 is 22.7 Å². The van der Waals surface area contributed by atoms with Crippen molar-refractivity contribution in [2.75, 3.05) is 0 Å². The van der Waals surface area contributed by atoms with Gasteiger partial charge in [-0.3, -0.25) is 0 Å². The van der Waals surface area contributed by atoms with Crippen molar-refractivity contribution < 1.29 is 0 Å². The number of thiazole rings is 2. The van der Waals surface area contributed by atoms with Gasteiger partial charge in [0.05, 0.1) is 10.5 Å². The van der Waals surface area contributed by atoms with Gasteiger partial charge in [-0.15, -0.1) is 22.7 Å². The number of hydrogen-bond donors (Lipinski definition) is 0. The number of aryl methyl sites for hydroxylation is 2. The summed E-state index contributed by atoms with van der Waals surface area (Å²) >= 11 is 3.33. The van der Waals surface area contributed by atoms with Crippen molar-refractivity contribution in [1.82, 2.24) is 9.97 Å². The smallest absolute Gasteiger partial charge is 0.104 e. The molecule has 0 aliphatic rings. The summed E-state index contributed by atoms with van der Waals surface area (Å²) in [5, 5.41) is 3.14. The largest absolute Gasteiger partial charge is 0.243 e. The van der Waals surface area contributed by atoms with E-state index in [0.29, 0.717) is 0 Å². The molecule has 0 spiro atoms. The first-order valence-corrected chi connectivity index (χ1v) is 5.36. The van der Waals surface area contributed by atoms with Crippen LogP contribution in [0.4, 0.5) is 0 Å². The van der Waals surface area contributed by atoms with E-state index in [9.17, 15) is 0 Å². The first kappa shape index (κ1) is 7.89. The van der Waals surface area contributed by atoms with Crippen LogP contribution in [0.25, 0.3) is 11.4 Å². The van der Waals surface area contributed by atoms with E-state index in [0.717, 1.165) is 16.4 Å². The molecule has 0 N–H and O–H groups in total. The molecule has 0 saturated heterocycles. The molecule has 0 radical (unpaired) electrons. The Kier molecular flexibility index (Phi) is 1.94. The molecule has 0 bridgehead atoms. The van der Waals surface area contributed by atoms with Crippen LogP contribution in [-0.2, 0) is 0 Å². The Labute approximate surface area is 78.9 Å². The highest BCUT2D eigenvalue weighted by molar-refractivity contribution is 7.12. The summed E-state index contributed by atoms with van der Waals surface area (Å²) in [7, 11) is 0. The molecule has 0 saturated carbocycles. The van der Waals surface area contributed by atoms with Crippen LogP contribution in [0, 0.1) is 13.8 Å². The second kappa shape index (κ2) is 2.95. The molecule has 2 heterocycles. The van der Waals surface area contributed by atoms with Crippen molar-refractivity contribution in [3.8, 4) is 11.4 Å². The molecule has 2 aromatic heterocycles. The van der Waals surface area contributed by atoms with Gasteiger partial charge in [0.2, 0.25) is 0 Å². The maximum atomic E-state index is 4.42. The highest BCUT2D eigenvalue weighted by Crippen LogP contribution is 2.26. The minimum Gasteiger partial charge on any atom is -0.243 e. The predicted molar refractivity (Wildman–Crippen MR) is 52.7 cm³/mol. The lowest BCUT2D eigenvalue weighted by molar-refractivity contribution is 1.25. The highest BCUT2D eigenvalue weighted by atomic mass is 32.1. The van der Waals surface area contributed by atoms with Gasteiger partial charge in [0.25, 0.3) is 0 Å². The van der Waals surface area contributed by atoms with E-state index in [4.69, 9.17) is 0 Å². The van der Waals surface area contributed by atoms with Crippen LogP contribution in [0.5, 0.6) is 0 Å². The van der Waals surface area contributed by atoms with Crippen molar-refractivity contribution in [2.24, 2.45) is 0 Å². The van der Waals surface area contributed by atoms with Crippen molar-refractivity contribution in [3.05, 3.63) is 20.8 Å². The molecule has 2 rings (SSSR count). The third kappa shape index (κ3) is 1.28.